The van der Waals surface area contributed by atoms with Gasteiger partial charge in [0.15, 0.2) is 5.79 Å². The molecular formula is C31H56N2O6. The number of allylic oxidation sites excluding steroid dienone is 2. The lowest BCUT2D eigenvalue weighted by Gasteiger charge is -2.44. The van der Waals surface area contributed by atoms with Crippen LogP contribution < -0.4 is 10.6 Å². The van der Waals surface area contributed by atoms with Gasteiger partial charge in [-0.05, 0) is 52.4 Å². The Morgan fingerprint density at radius 3 is 2.26 bits per heavy atom. The third-order valence-corrected chi connectivity index (χ3v) is 7.47. The molecule has 0 aromatic carbocycles. The smallest absolute Gasteiger partial charge is 0.308 e. The lowest BCUT2D eigenvalue weighted by Crippen LogP contribution is -2.57. The van der Waals surface area contributed by atoms with E-state index < -0.39 is 34.6 Å². The van der Waals surface area contributed by atoms with E-state index in [-0.39, 0.29) is 18.4 Å². The topological polar surface area (TPSA) is 114 Å². The summed E-state index contributed by atoms with van der Waals surface area (Å²) >= 11 is 0. The van der Waals surface area contributed by atoms with Crippen molar-refractivity contribution in [1.82, 2.24) is 10.6 Å². The van der Waals surface area contributed by atoms with E-state index in [1.807, 2.05) is 27.7 Å². The molecule has 1 aliphatic rings. The number of hydrogen-bond donors (Lipinski definition) is 3. The lowest BCUT2D eigenvalue weighted by molar-refractivity contribution is -0.304. The molecule has 226 valence electrons. The molecular weight excluding hydrogens is 496 g/mol. The molecule has 0 radical (unpaired) electrons. The Balaban J connectivity index is 2.31. The highest BCUT2D eigenvalue weighted by Crippen LogP contribution is 2.35. The highest BCUT2D eigenvalue weighted by molar-refractivity contribution is 5.82. The summed E-state index contributed by atoms with van der Waals surface area (Å²) in [5.74, 6) is -2.90. The number of carbonyl (C=O) groups excluding carboxylic acids is 2. The Labute approximate surface area is 237 Å². The van der Waals surface area contributed by atoms with Crippen LogP contribution in [0.4, 0.5) is 0 Å². The number of amides is 2. The minimum absolute atomic E-state index is 0.00639. The number of hydrogen-bond acceptors (Lipinski definition) is 5. The zero-order valence-corrected chi connectivity index (χ0v) is 25.7. The van der Waals surface area contributed by atoms with Crippen LogP contribution >= 0.6 is 0 Å². The van der Waals surface area contributed by atoms with E-state index >= 15 is 0 Å². The van der Waals surface area contributed by atoms with Crippen LogP contribution in [0.3, 0.4) is 0 Å². The minimum Gasteiger partial charge on any atom is -0.481 e. The van der Waals surface area contributed by atoms with Crippen molar-refractivity contribution in [3.05, 3.63) is 12.2 Å². The van der Waals surface area contributed by atoms with Crippen LogP contribution in [0.2, 0.25) is 0 Å². The maximum Gasteiger partial charge on any atom is 0.308 e. The van der Waals surface area contributed by atoms with Crippen molar-refractivity contribution in [2.75, 3.05) is 19.7 Å². The van der Waals surface area contributed by atoms with Crippen LogP contribution in [-0.4, -0.2) is 54.5 Å². The molecule has 1 fully saturated rings. The summed E-state index contributed by atoms with van der Waals surface area (Å²) in [6, 6.07) is 0. The molecule has 2 atom stereocenters. The molecule has 8 nitrogen and oxygen atoms in total. The number of carboxylic acid groups (broad SMARTS) is 1. The van der Waals surface area contributed by atoms with Gasteiger partial charge in [-0.3, -0.25) is 14.4 Å². The van der Waals surface area contributed by atoms with Crippen molar-refractivity contribution in [3.8, 4) is 0 Å². The summed E-state index contributed by atoms with van der Waals surface area (Å²) in [5.41, 5.74) is -0.976. The molecule has 0 spiro atoms. The third kappa shape index (κ3) is 13.8. The van der Waals surface area contributed by atoms with Gasteiger partial charge in [0.2, 0.25) is 11.8 Å². The van der Waals surface area contributed by atoms with Gasteiger partial charge in [-0.15, -0.1) is 0 Å². The Morgan fingerprint density at radius 2 is 1.62 bits per heavy atom. The fourth-order valence-corrected chi connectivity index (χ4v) is 4.67. The van der Waals surface area contributed by atoms with Gasteiger partial charge in [-0.25, -0.2) is 0 Å². The second-order valence-electron chi connectivity index (χ2n) is 12.8. The van der Waals surface area contributed by atoms with Gasteiger partial charge in [-0.2, -0.15) is 0 Å². The van der Waals surface area contributed by atoms with E-state index in [4.69, 9.17) is 9.47 Å². The van der Waals surface area contributed by atoms with E-state index in [9.17, 15) is 19.5 Å². The maximum atomic E-state index is 12.8. The van der Waals surface area contributed by atoms with Crippen LogP contribution in [0.1, 0.15) is 119 Å². The molecule has 0 aromatic heterocycles. The van der Waals surface area contributed by atoms with Crippen molar-refractivity contribution in [2.24, 2.45) is 16.7 Å². The SMILES string of the molecule is CCC=CCCCCCCCCC(C)(C)C(=O)NCCCC(CNC(=O)C1OC(C)(C)OCC1(C)C)C(=O)O. The highest BCUT2D eigenvalue weighted by Gasteiger charge is 2.45. The largest absolute Gasteiger partial charge is 0.481 e. The molecule has 2 amide bonds. The Hall–Kier alpha value is -1.93. The van der Waals surface area contributed by atoms with Crippen LogP contribution in [0.5, 0.6) is 0 Å². The Morgan fingerprint density at radius 1 is 0.974 bits per heavy atom. The number of aliphatic carboxylic acids is 1. The van der Waals surface area contributed by atoms with Crippen LogP contribution in [0.25, 0.3) is 0 Å². The van der Waals surface area contributed by atoms with E-state index in [1.165, 1.54) is 32.1 Å². The molecule has 1 aliphatic heterocycles. The minimum atomic E-state index is -0.966. The number of carbonyl (C=O) groups is 3. The molecule has 0 aromatic rings. The summed E-state index contributed by atoms with van der Waals surface area (Å²) in [5, 5.41) is 15.4. The van der Waals surface area contributed by atoms with Gasteiger partial charge in [0.05, 0.1) is 12.5 Å². The van der Waals surface area contributed by atoms with Crippen LogP contribution in [0.15, 0.2) is 12.2 Å². The number of rotatable bonds is 19. The van der Waals surface area contributed by atoms with E-state index in [0.29, 0.717) is 26.0 Å². The first kappa shape index (κ1) is 35.1. The number of unbranched alkanes of at least 4 members (excludes halogenated alkanes) is 6. The monoisotopic (exact) mass is 552 g/mol. The number of nitrogens with one attached hydrogen (secondary N) is 2. The normalized spacial score (nSPS) is 19.5. The average molecular weight is 553 g/mol. The molecule has 1 rings (SSSR count). The van der Waals surface area contributed by atoms with Crippen molar-refractivity contribution in [1.29, 1.82) is 0 Å². The summed E-state index contributed by atoms with van der Waals surface area (Å²) in [6.07, 6.45) is 14.9. The van der Waals surface area contributed by atoms with E-state index in [2.05, 4.69) is 29.7 Å². The zero-order valence-electron chi connectivity index (χ0n) is 25.7. The fraction of sp³-hybridized carbons (Fsp3) is 0.839. The van der Waals surface area contributed by atoms with Gasteiger partial charge in [0.25, 0.3) is 0 Å². The summed E-state index contributed by atoms with van der Waals surface area (Å²) in [4.78, 5) is 37.3. The second kappa shape index (κ2) is 17.0. The van der Waals surface area contributed by atoms with Crippen LogP contribution in [-0.2, 0) is 23.9 Å². The number of carboxylic acids is 1. The van der Waals surface area contributed by atoms with Gasteiger partial charge in [0, 0.05) is 23.9 Å². The molecule has 1 saturated heterocycles. The van der Waals surface area contributed by atoms with Gasteiger partial charge in [-0.1, -0.05) is 78.9 Å². The third-order valence-electron chi connectivity index (χ3n) is 7.47. The van der Waals surface area contributed by atoms with Crippen LogP contribution in [0, 0.1) is 16.7 Å². The second-order valence-corrected chi connectivity index (χ2v) is 12.8. The molecule has 39 heavy (non-hydrogen) atoms. The fourth-order valence-electron chi connectivity index (χ4n) is 4.67. The van der Waals surface area contributed by atoms with E-state index in [0.717, 1.165) is 25.7 Å². The number of ether oxygens (including phenoxy) is 2. The summed E-state index contributed by atoms with van der Waals surface area (Å²) in [6.45, 7) is 14.2. The molecule has 3 N–H and O–H groups in total. The molecule has 0 saturated carbocycles. The van der Waals surface area contributed by atoms with Gasteiger partial charge in [0.1, 0.15) is 6.10 Å². The van der Waals surface area contributed by atoms with E-state index in [1.54, 1.807) is 13.8 Å². The first-order chi connectivity index (χ1) is 18.2. The summed E-state index contributed by atoms with van der Waals surface area (Å²) < 4.78 is 11.5. The molecule has 0 bridgehead atoms. The summed E-state index contributed by atoms with van der Waals surface area (Å²) in [7, 11) is 0. The van der Waals surface area contributed by atoms with Crippen molar-refractivity contribution in [3.63, 3.8) is 0 Å². The predicted molar refractivity (Wildman–Crippen MR) is 155 cm³/mol. The predicted octanol–water partition coefficient (Wildman–Crippen LogP) is 5.99. The van der Waals surface area contributed by atoms with Crippen molar-refractivity contribution < 1.29 is 29.0 Å². The van der Waals surface area contributed by atoms with Gasteiger partial charge < -0.3 is 25.2 Å². The molecule has 8 heteroatoms. The first-order valence-electron chi connectivity index (χ1n) is 15.0. The Bertz CT molecular complexity index is 790. The molecule has 1 heterocycles. The zero-order chi connectivity index (χ0) is 29.5. The molecule has 2 unspecified atom stereocenters. The average Bonchev–Trinajstić information content (AvgIpc) is 2.85. The van der Waals surface area contributed by atoms with Gasteiger partial charge >= 0.3 is 5.97 Å². The lowest BCUT2D eigenvalue weighted by atomic mass is 9.85. The first-order valence-corrected chi connectivity index (χ1v) is 15.0. The standard InChI is InChI=1S/C31H56N2O6/c1-8-9-10-11-12-13-14-15-16-17-20-29(2,3)28(37)32-21-18-19-24(27(35)36)22-33-26(34)25-30(4,5)23-38-31(6,7)39-25/h9-10,24-25H,8,11-23H2,1-7H3,(H,32,37)(H,33,34)(H,35,36). The van der Waals surface area contributed by atoms with Crippen molar-refractivity contribution in [2.45, 2.75) is 131 Å². The Kier molecular flexibility index (Phi) is 15.3. The van der Waals surface area contributed by atoms with Crippen molar-refractivity contribution >= 4 is 17.8 Å². The molecule has 0 aliphatic carbocycles. The highest BCUT2D eigenvalue weighted by atomic mass is 16.7. The quantitative estimate of drug-likeness (QED) is 0.134. The maximum absolute atomic E-state index is 12.8.